The molecule has 2 heteroatoms. The molecular formula is C48H36N2. The van der Waals surface area contributed by atoms with Gasteiger partial charge in [0.25, 0.3) is 0 Å². The molecule has 0 heterocycles. The minimum atomic E-state index is 1.05. The molecule has 0 bridgehead atoms. The number of rotatable bonds is 9. The normalized spacial score (nSPS) is 10.8. The summed E-state index contributed by atoms with van der Waals surface area (Å²) in [5, 5.41) is 3.74. The van der Waals surface area contributed by atoms with E-state index in [0.717, 1.165) is 34.0 Å². The third-order valence-electron chi connectivity index (χ3n) is 9.08. The molecule has 0 saturated carbocycles. The summed E-state index contributed by atoms with van der Waals surface area (Å²) in [5.41, 5.74) is 14.9. The van der Waals surface area contributed by atoms with Crippen molar-refractivity contribution in [2.24, 2.45) is 0 Å². The molecule has 0 fully saturated rings. The Bertz CT molecular complexity index is 2280. The van der Waals surface area contributed by atoms with Crippen LogP contribution in [0.15, 0.2) is 212 Å². The van der Waals surface area contributed by atoms with E-state index in [1.54, 1.807) is 0 Å². The number of benzene rings is 8. The lowest BCUT2D eigenvalue weighted by Crippen LogP contribution is -2.09. The van der Waals surface area contributed by atoms with Gasteiger partial charge < -0.3 is 10.2 Å². The van der Waals surface area contributed by atoms with E-state index in [1.807, 2.05) is 0 Å². The topological polar surface area (TPSA) is 15.3 Å². The largest absolute Gasteiger partial charge is 0.355 e. The first-order chi connectivity index (χ1) is 24.8. The Kier molecular flexibility index (Phi) is 8.73. The second-order valence-electron chi connectivity index (χ2n) is 12.3. The van der Waals surface area contributed by atoms with Gasteiger partial charge in [0.05, 0.1) is 0 Å². The Hall–Kier alpha value is -6.64. The molecule has 2 nitrogen and oxygen atoms in total. The molecule has 8 aromatic rings. The Morgan fingerprint density at radius 1 is 0.280 bits per heavy atom. The number of hydrogen-bond donors (Lipinski definition) is 1. The van der Waals surface area contributed by atoms with E-state index < -0.39 is 0 Å². The van der Waals surface area contributed by atoms with Gasteiger partial charge in [-0.1, -0.05) is 158 Å². The summed E-state index contributed by atoms with van der Waals surface area (Å²) in [4.78, 5) is 2.31. The summed E-state index contributed by atoms with van der Waals surface area (Å²) < 4.78 is 0. The summed E-state index contributed by atoms with van der Waals surface area (Å²) in [6.07, 6.45) is 0. The van der Waals surface area contributed by atoms with Gasteiger partial charge in [0.1, 0.15) is 0 Å². The third kappa shape index (κ3) is 6.56. The molecule has 8 rings (SSSR count). The van der Waals surface area contributed by atoms with Crippen LogP contribution >= 0.6 is 0 Å². The van der Waals surface area contributed by atoms with Gasteiger partial charge >= 0.3 is 0 Å². The number of nitrogens with zero attached hydrogens (tertiary/aromatic N) is 1. The van der Waals surface area contributed by atoms with E-state index in [-0.39, 0.29) is 0 Å². The molecule has 238 valence electrons. The Morgan fingerprint density at radius 2 is 0.680 bits per heavy atom. The van der Waals surface area contributed by atoms with Gasteiger partial charge in [-0.05, 0) is 93.5 Å². The predicted molar refractivity (Wildman–Crippen MR) is 213 cm³/mol. The summed E-state index contributed by atoms with van der Waals surface area (Å²) in [7, 11) is 0. The minimum absolute atomic E-state index is 1.05. The summed E-state index contributed by atoms with van der Waals surface area (Å²) >= 11 is 0. The van der Waals surface area contributed by atoms with Crippen LogP contribution in [0.5, 0.6) is 0 Å². The molecule has 0 aliphatic heterocycles. The van der Waals surface area contributed by atoms with Gasteiger partial charge in [-0.25, -0.2) is 0 Å². The van der Waals surface area contributed by atoms with Crippen molar-refractivity contribution in [2.75, 3.05) is 10.2 Å². The van der Waals surface area contributed by atoms with Crippen molar-refractivity contribution < 1.29 is 0 Å². The lowest BCUT2D eigenvalue weighted by molar-refractivity contribution is 1.28. The third-order valence-corrected chi connectivity index (χ3v) is 9.08. The average Bonchev–Trinajstić information content (AvgIpc) is 3.20. The van der Waals surface area contributed by atoms with Crippen molar-refractivity contribution >= 4 is 28.4 Å². The minimum Gasteiger partial charge on any atom is -0.355 e. The van der Waals surface area contributed by atoms with E-state index in [1.165, 1.54) is 38.9 Å². The van der Waals surface area contributed by atoms with Crippen LogP contribution in [0.25, 0.3) is 44.5 Å². The van der Waals surface area contributed by atoms with E-state index in [0.29, 0.717) is 0 Å². The van der Waals surface area contributed by atoms with E-state index >= 15 is 0 Å². The number of hydrogen-bond acceptors (Lipinski definition) is 2. The molecule has 0 radical (unpaired) electrons. The van der Waals surface area contributed by atoms with Gasteiger partial charge in [0, 0.05) is 34.0 Å². The molecule has 0 atom stereocenters. The molecule has 1 N–H and O–H groups in total. The molecule has 0 spiro atoms. The first kappa shape index (κ1) is 30.7. The molecule has 0 unspecified atom stereocenters. The summed E-state index contributed by atoms with van der Waals surface area (Å²) in [5.74, 6) is 0. The quantitative estimate of drug-likeness (QED) is 0.169. The van der Waals surface area contributed by atoms with Gasteiger partial charge in [0.2, 0.25) is 0 Å². The number of anilines is 5. The average molecular weight is 641 g/mol. The van der Waals surface area contributed by atoms with Crippen molar-refractivity contribution in [3.8, 4) is 44.5 Å². The highest BCUT2D eigenvalue weighted by Crippen LogP contribution is 2.41. The predicted octanol–water partition coefficient (Wildman–Crippen LogP) is 13.6. The second-order valence-corrected chi connectivity index (χ2v) is 12.3. The zero-order valence-corrected chi connectivity index (χ0v) is 27.7. The second kappa shape index (κ2) is 14.2. The smallest absolute Gasteiger partial charge is 0.0470 e. The van der Waals surface area contributed by atoms with Crippen molar-refractivity contribution in [1.29, 1.82) is 0 Å². The maximum atomic E-state index is 3.74. The van der Waals surface area contributed by atoms with Crippen LogP contribution in [-0.4, -0.2) is 0 Å². The SMILES string of the molecule is c1ccc(-c2ccc(Nc3cccc(-c4ccc(N(c5ccccc5)c5ccc(-c6ccccc6)cc5)cc4)c3-c3ccccc3)cc2)cc1. The van der Waals surface area contributed by atoms with Crippen LogP contribution in [0.2, 0.25) is 0 Å². The highest BCUT2D eigenvalue weighted by molar-refractivity contribution is 5.94. The molecule has 0 saturated heterocycles. The molecule has 8 aromatic carbocycles. The number of nitrogens with one attached hydrogen (secondary N) is 1. The molecule has 0 amide bonds. The summed E-state index contributed by atoms with van der Waals surface area (Å²) in [6, 6.07) is 75.2. The van der Waals surface area contributed by atoms with Crippen molar-refractivity contribution in [2.45, 2.75) is 0 Å². The fourth-order valence-electron chi connectivity index (χ4n) is 6.59. The lowest BCUT2D eigenvalue weighted by atomic mass is 9.92. The van der Waals surface area contributed by atoms with Crippen molar-refractivity contribution in [3.05, 3.63) is 212 Å². The first-order valence-electron chi connectivity index (χ1n) is 17.0. The molecule has 0 aliphatic carbocycles. The van der Waals surface area contributed by atoms with E-state index in [9.17, 15) is 0 Å². The maximum absolute atomic E-state index is 3.74. The molecule has 50 heavy (non-hydrogen) atoms. The van der Waals surface area contributed by atoms with E-state index in [2.05, 4.69) is 223 Å². The first-order valence-corrected chi connectivity index (χ1v) is 17.0. The molecular weight excluding hydrogens is 605 g/mol. The van der Waals surface area contributed by atoms with Crippen LogP contribution in [0.4, 0.5) is 28.4 Å². The van der Waals surface area contributed by atoms with Crippen molar-refractivity contribution in [1.82, 2.24) is 0 Å². The molecule has 0 aromatic heterocycles. The fraction of sp³-hybridized carbons (Fsp3) is 0. The lowest BCUT2D eigenvalue weighted by Gasteiger charge is -2.26. The van der Waals surface area contributed by atoms with Crippen LogP contribution in [0, 0.1) is 0 Å². The van der Waals surface area contributed by atoms with Gasteiger partial charge in [-0.3, -0.25) is 0 Å². The van der Waals surface area contributed by atoms with Crippen LogP contribution in [0.1, 0.15) is 0 Å². The highest BCUT2D eigenvalue weighted by atomic mass is 15.1. The van der Waals surface area contributed by atoms with E-state index in [4.69, 9.17) is 0 Å². The Morgan fingerprint density at radius 3 is 1.20 bits per heavy atom. The van der Waals surface area contributed by atoms with Crippen LogP contribution < -0.4 is 10.2 Å². The molecule has 0 aliphatic rings. The highest BCUT2D eigenvalue weighted by Gasteiger charge is 2.16. The van der Waals surface area contributed by atoms with Gasteiger partial charge in [-0.15, -0.1) is 0 Å². The van der Waals surface area contributed by atoms with Crippen LogP contribution in [-0.2, 0) is 0 Å². The fourth-order valence-corrected chi connectivity index (χ4v) is 6.59. The van der Waals surface area contributed by atoms with Crippen molar-refractivity contribution in [3.63, 3.8) is 0 Å². The van der Waals surface area contributed by atoms with Crippen LogP contribution in [0.3, 0.4) is 0 Å². The maximum Gasteiger partial charge on any atom is 0.0470 e. The Balaban J connectivity index is 1.14. The van der Waals surface area contributed by atoms with Gasteiger partial charge in [0.15, 0.2) is 0 Å². The standard InChI is InChI=1S/C48H36N2/c1-5-14-36(15-6-1)38-24-30-42(31-25-38)49-47-23-13-22-46(48(47)41-18-9-3-10-19-41)40-28-34-45(35-29-40)50(43-20-11-4-12-21-43)44-32-26-39(27-33-44)37-16-7-2-8-17-37/h1-35,49H. The van der Waals surface area contributed by atoms with Gasteiger partial charge in [-0.2, -0.15) is 0 Å². The Labute approximate surface area is 294 Å². The summed E-state index contributed by atoms with van der Waals surface area (Å²) in [6.45, 7) is 0. The monoisotopic (exact) mass is 640 g/mol. The number of para-hydroxylation sites is 1. The zero-order chi connectivity index (χ0) is 33.5. The zero-order valence-electron chi connectivity index (χ0n) is 27.7.